The molecule has 0 amide bonds. The van der Waals surface area contributed by atoms with Crippen LogP contribution in [0.5, 0.6) is 0 Å². The standard InChI is InChI=1S/C55H37N/c1-4-18-38(19-5-1)43-24-10-12-26-45(43)40-32-34-53-51(36-40)55(49-30-16-14-28-47(49)48-29-15-17-31-50(48)55)52-37-41(33-35-54(52)56(53)42-22-8-3-9-23-42)46-27-13-11-25-44(46)39-20-6-2-7-21-39/h1-37H/i3D,8D,9D,22D,23D. The molecule has 0 radical (unpaired) electrons. The molecule has 0 atom stereocenters. The van der Waals surface area contributed by atoms with Gasteiger partial charge in [-0.1, -0.05) is 188 Å². The molecule has 1 spiro atoms. The van der Waals surface area contributed by atoms with Crippen LogP contribution in [0.3, 0.4) is 0 Å². The summed E-state index contributed by atoms with van der Waals surface area (Å²) in [6, 6.07) is 66.3. The highest BCUT2D eigenvalue weighted by Gasteiger charge is 2.52. The highest BCUT2D eigenvalue weighted by Crippen LogP contribution is 2.64. The van der Waals surface area contributed by atoms with Crippen LogP contribution in [0.15, 0.2) is 224 Å². The molecule has 0 bridgehead atoms. The van der Waals surface area contributed by atoms with Crippen molar-refractivity contribution in [1.29, 1.82) is 0 Å². The van der Waals surface area contributed by atoms with Gasteiger partial charge in [0.25, 0.3) is 0 Å². The maximum absolute atomic E-state index is 9.38. The maximum atomic E-state index is 9.38. The maximum Gasteiger partial charge on any atom is 0.0754 e. The molecule has 0 aromatic heterocycles. The van der Waals surface area contributed by atoms with Gasteiger partial charge in [-0.05, 0) is 114 Å². The van der Waals surface area contributed by atoms with Crippen molar-refractivity contribution in [3.05, 3.63) is 247 Å². The molecule has 1 aliphatic heterocycles. The molecule has 2 aliphatic rings. The van der Waals surface area contributed by atoms with Crippen LogP contribution >= 0.6 is 0 Å². The Balaban J connectivity index is 1.29. The average molecular weight is 717 g/mol. The van der Waals surface area contributed by atoms with Crippen molar-refractivity contribution in [1.82, 2.24) is 0 Å². The minimum atomic E-state index is -0.864. The van der Waals surface area contributed by atoms with Crippen molar-refractivity contribution in [3.8, 4) is 55.6 Å². The van der Waals surface area contributed by atoms with Crippen molar-refractivity contribution in [2.24, 2.45) is 0 Å². The normalized spacial score (nSPS) is 14.4. The van der Waals surface area contributed by atoms with Crippen LogP contribution in [-0.4, -0.2) is 0 Å². The molecule has 1 aliphatic carbocycles. The highest BCUT2D eigenvalue weighted by molar-refractivity contribution is 5.98. The number of nitrogens with zero attached hydrogens (tertiary/aromatic N) is 1. The Kier molecular flexibility index (Phi) is 6.34. The number of hydrogen-bond donors (Lipinski definition) is 0. The van der Waals surface area contributed by atoms with Gasteiger partial charge in [0, 0.05) is 5.69 Å². The molecule has 0 unspecified atom stereocenters. The van der Waals surface area contributed by atoms with E-state index in [4.69, 9.17) is 4.11 Å². The van der Waals surface area contributed by atoms with Crippen LogP contribution in [-0.2, 0) is 5.41 Å². The first-order valence-corrected chi connectivity index (χ1v) is 19.0. The van der Waals surface area contributed by atoms with Gasteiger partial charge in [0.05, 0.1) is 23.6 Å². The van der Waals surface area contributed by atoms with Gasteiger partial charge < -0.3 is 4.90 Å². The summed E-state index contributed by atoms with van der Waals surface area (Å²) in [5.74, 6) is 0. The minimum Gasteiger partial charge on any atom is -0.310 e. The first kappa shape index (κ1) is 27.4. The van der Waals surface area contributed by atoms with Crippen molar-refractivity contribution in [2.75, 3.05) is 4.90 Å². The number of para-hydroxylation sites is 1. The molecular weight excluding hydrogens is 675 g/mol. The Hall–Kier alpha value is -7.22. The molecule has 1 heteroatoms. The van der Waals surface area contributed by atoms with E-state index >= 15 is 0 Å². The zero-order chi connectivity index (χ0) is 41.4. The van der Waals surface area contributed by atoms with Gasteiger partial charge in [-0.2, -0.15) is 0 Å². The molecule has 9 aromatic carbocycles. The lowest BCUT2D eigenvalue weighted by atomic mass is 9.64. The third-order valence-corrected chi connectivity index (χ3v) is 11.6. The predicted molar refractivity (Wildman–Crippen MR) is 234 cm³/mol. The summed E-state index contributed by atoms with van der Waals surface area (Å²) in [4.78, 5) is 1.92. The van der Waals surface area contributed by atoms with E-state index < -0.39 is 11.5 Å². The lowest BCUT2D eigenvalue weighted by Crippen LogP contribution is -2.36. The SMILES string of the molecule is [2H]c1c([2H])c([2H])c(N2c3ccc(-c4ccccc4-c4ccccc4)cc3C3(c4ccccc4-c4ccccc43)c3cc(-c4ccccc4-c4ccccc4)ccc32)c([2H])c1[2H]. The van der Waals surface area contributed by atoms with E-state index in [9.17, 15) is 2.74 Å². The van der Waals surface area contributed by atoms with E-state index in [2.05, 4.69) is 182 Å². The zero-order valence-electron chi connectivity index (χ0n) is 35.4. The second-order valence-corrected chi connectivity index (χ2v) is 14.4. The van der Waals surface area contributed by atoms with E-state index in [1.54, 1.807) is 0 Å². The number of rotatable bonds is 5. The smallest absolute Gasteiger partial charge is 0.0754 e. The Morgan fingerprint density at radius 3 is 1.14 bits per heavy atom. The molecule has 262 valence electrons. The molecule has 9 aromatic rings. The van der Waals surface area contributed by atoms with Gasteiger partial charge in [0.1, 0.15) is 0 Å². The van der Waals surface area contributed by atoms with Gasteiger partial charge in [-0.15, -0.1) is 0 Å². The fraction of sp³-hybridized carbons (Fsp3) is 0.0182. The number of anilines is 3. The Bertz CT molecular complexity index is 3000. The van der Waals surface area contributed by atoms with E-state index in [0.717, 1.165) is 89.3 Å². The average Bonchev–Trinajstić information content (AvgIpc) is 3.62. The third kappa shape index (κ3) is 4.81. The fourth-order valence-corrected chi connectivity index (χ4v) is 9.29. The molecule has 1 nitrogen and oxygen atoms in total. The monoisotopic (exact) mass is 716 g/mol. The van der Waals surface area contributed by atoms with E-state index in [0.29, 0.717) is 0 Å². The zero-order valence-corrected chi connectivity index (χ0v) is 30.4. The van der Waals surface area contributed by atoms with Crippen LogP contribution in [0.4, 0.5) is 17.1 Å². The lowest BCUT2D eigenvalue weighted by molar-refractivity contribution is 0.753. The van der Waals surface area contributed by atoms with Gasteiger partial charge in [0.2, 0.25) is 0 Å². The third-order valence-electron chi connectivity index (χ3n) is 11.6. The minimum absolute atomic E-state index is 0.109. The molecule has 11 rings (SSSR count). The van der Waals surface area contributed by atoms with E-state index in [1.165, 1.54) is 0 Å². The summed E-state index contributed by atoms with van der Waals surface area (Å²) in [6.07, 6.45) is 0. The topological polar surface area (TPSA) is 3.24 Å². The quantitative estimate of drug-likeness (QED) is 0.171. The van der Waals surface area contributed by atoms with Gasteiger partial charge in [-0.3, -0.25) is 0 Å². The number of hydrogen-bond acceptors (Lipinski definition) is 1. The Morgan fingerprint density at radius 2 is 0.696 bits per heavy atom. The summed E-state index contributed by atoms with van der Waals surface area (Å²) in [5, 5.41) is 0. The summed E-state index contributed by atoms with van der Waals surface area (Å²) >= 11 is 0. The molecule has 1 heterocycles. The van der Waals surface area contributed by atoms with Crippen LogP contribution < -0.4 is 4.90 Å². The Labute approximate surface area is 335 Å². The first-order valence-electron chi connectivity index (χ1n) is 21.5. The van der Waals surface area contributed by atoms with Crippen molar-refractivity contribution >= 4 is 17.1 Å². The largest absolute Gasteiger partial charge is 0.310 e. The molecule has 0 fully saturated rings. The van der Waals surface area contributed by atoms with Gasteiger partial charge >= 0.3 is 0 Å². The first-order chi connectivity index (χ1) is 29.9. The van der Waals surface area contributed by atoms with Gasteiger partial charge in [-0.25, -0.2) is 0 Å². The second-order valence-electron chi connectivity index (χ2n) is 14.4. The number of fused-ring (bicyclic) bond motifs is 9. The van der Waals surface area contributed by atoms with Crippen LogP contribution in [0.25, 0.3) is 55.6 Å². The molecular formula is C55H37N. The van der Waals surface area contributed by atoms with E-state index in [-0.39, 0.29) is 29.9 Å². The molecule has 0 saturated carbocycles. The summed E-state index contributed by atoms with van der Waals surface area (Å²) < 4.78 is 45.0. The number of benzene rings is 9. The summed E-state index contributed by atoms with van der Waals surface area (Å²) in [6.45, 7) is 0. The summed E-state index contributed by atoms with van der Waals surface area (Å²) in [7, 11) is 0. The molecule has 0 N–H and O–H groups in total. The Morgan fingerprint density at radius 1 is 0.321 bits per heavy atom. The van der Waals surface area contributed by atoms with Crippen LogP contribution in [0.2, 0.25) is 0 Å². The second kappa shape index (κ2) is 13.0. The van der Waals surface area contributed by atoms with E-state index in [1.807, 2.05) is 17.0 Å². The predicted octanol–water partition coefficient (Wildman–Crippen LogP) is 14.5. The van der Waals surface area contributed by atoms with Crippen LogP contribution in [0, 0.1) is 0 Å². The fourth-order valence-electron chi connectivity index (χ4n) is 9.29. The summed E-state index contributed by atoms with van der Waals surface area (Å²) in [5.41, 5.74) is 15.7. The molecule has 56 heavy (non-hydrogen) atoms. The van der Waals surface area contributed by atoms with Crippen LogP contribution in [0.1, 0.15) is 29.1 Å². The molecule has 0 saturated heterocycles. The van der Waals surface area contributed by atoms with Gasteiger partial charge in [0.15, 0.2) is 0 Å². The van der Waals surface area contributed by atoms with Crippen molar-refractivity contribution < 1.29 is 6.85 Å². The highest BCUT2D eigenvalue weighted by atomic mass is 15.2. The van der Waals surface area contributed by atoms with Crippen molar-refractivity contribution in [3.63, 3.8) is 0 Å². The lowest BCUT2D eigenvalue weighted by Gasteiger charge is -2.45. The van der Waals surface area contributed by atoms with Crippen molar-refractivity contribution in [2.45, 2.75) is 5.41 Å².